The molecule has 1 aromatic carbocycles. The summed E-state index contributed by atoms with van der Waals surface area (Å²) in [4.78, 5) is 12.1. The van der Waals surface area contributed by atoms with Crippen molar-refractivity contribution in [1.82, 2.24) is 10.2 Å². The highest BCUT2D eigenvalue weighted by Gasteiger charge is 2.13. The zero-order valence-electron chi connectivity index (χ0n) is 13.8. The first-order valence-corrected chi connectivity index (χ1v) is 9.53. The maximum absolute atomic E-state index is 12.1. The van der Waals surface area contributed by atoms with Crippen molar-refractivity contribution < 1.29 is 13.6 Å². The van der Waals surface area contributed by atoms with Gasteiger partial charge in [0.2, 0.25) is 5.91 Å². The number of furan rings is 1. The molecule has 0 unspecified atom stereocenters. The fourth-order valence-electron chi connectivity index (χ4n) is 2.13. The van der Waals surface area contributed by atoms with E-state index >= 15 is 0 Å². The first-order chi connectivity index (χ1) is 12.5. The van der Waals surface area contributed by atoms with Crippen LogP contribution in [0.3, 0.4) is 0 Å². The van der Waals surface area contributed by atoms with Crippen molar-refractivity contribution in [2.75, 3.05) is 11.1 Å². The molecule has 9 heteroatoms. The topological polar surface area (TPSA) is 81.2 Å². The van der Waals surface area contributed by atoms with Gasteiger partial charge in [-0.3, -0.25) is 4.79 Å². The van der Waals surface area contributed by atoms with Gasteiger partial charge in [-0.2, -0.15) is 0 Å². The SMILES string of the molecule is Cc1ccc(Cl)c(NC(=O)CCCSc2nnc(-c3ccco3)o2)c1Cl. The third-order valence-corrected chi connectivity index (χ3v) is 5.17. The van der Waals surface area contributed by atoms with Crippen molar-refractivity contribution in [2.45, 2.75) is 25.0 Å². The number of amides is 1. The van der Waals surface area contributed by atoms with E-state index in [1.54, 1.807) is 24.3 Å². The average Bonchev–Trinajstić information content (AvgIpc) is 3.30. The largest absolute Gasteiger partial charge is 0.459 e. The number of hydrogen-bond acceptors (Lipinski definition) is 6. The second-order valence-corrected chi connectivity index (χ2v) is 7.24. The zero-order chi connectivity index (χ0) is 18.5. The van der Waals surface area contributed by atoms with Gasteiger partial charge in [0.25, 0.3) is 11.1 Å². The highest BCUT2D eigenvalue weighted by molar-refractivity contribution is 7.99. The van der Waals surface area contributed by atoms with Gasteiger partial charge in [-0.1, -0.05) is 41.0 Å². The summed E-state index contributed by atoms with van der Waals surface area (Å²) in [5.74, 6) is 1.36. The number of nitrogens with zero attached hydrogens (tertiary/aromatic N) is 2. The fourth-order valence-corrected chi connectivity index (χ4v) is 3.30. The number of nitrogens with one attached hydrogen (secondary N) is 1. The maximum atomic E-state index is 12.1. The Morgan fingerprint density at radius 2 is 2.12 bits per heavy atom. The van der Waals surface area contributed by atoms with Crippen molar-refractivity contribution in [3.8, 4) is 11.7 Å². The molecule has 0 aliphatic rings. The summed E-state index contributed by atoms with van der Waals surface area (Å²) in [5, 5.41) is 11.9. The van der Waals surface area contributed by atoms with Gasteiger partial charge in [-0.25, -0.2) is 0 Å². The lowest BCUT2D eigenvalue weighted by atomic mass is 10.2. The van der Waals surface area contributed by atoms with E-state index in [2.05, 4.69) is 15.5 Å². The Kier molecular flexibility index (Phi) is 6.24. The fraction of sp³-hybridized carbons (Fsp3) is 0.235. The molecule has 3 rings (SSSR count). The molecule has 0 bridgehead atoms. The van der Waals surface area contributed by atoms with Crippen LogP contribution in [0.1, 0.15) is 18.4 Å². The minimum absolute atomic E-state index is 0.151. The quantitative estimate of drug-likeness (QED) is 0.410. The van der Waals surface area contributed by atoms with Crippen LogP contribution in [0.2, 0.25) is 10.0 Å². The van der Waals surface area contributed by atoms with Gasteiger partial charge in [-0.05, 0) is 37.1 Å². The number of halogens is 2. The van der Waals surface area contributed by atoms with E-state index in [0.29, 0.717) is 51.2 Å². The number of rotatable bonds is 7. The van der Waals surface area contributed by atoms with Gasteiger partial charge in [0.05, 0.1) is 22.0 Å². The monoisotopic (exact) mass is 411 g/mol. The number of anilines is 1. The molecule has 6 nitrogen and oxygen atoms in total. The number of aromatic nitrogens is 2. The molecule has 0 atom stereocenters. The number of hydrogen-bond donors (Lipinski definition) is 1. The second-order valence-electron chi connectivity index (χ2n) is 5.40. The minimum Gasteiger partial charge on any atom is -0.459 e. The molecular formula is C17H15Cl2N3O3S. The van der Waals surface area contributed by atoms with Crippen molar-refractivity contribution in [3.05, 3.63) is 46.1 Å². The Labute approximate surface area is 164 Å². The van der Waals surface area contributed by atoms with Gasteiger partial charge >= 0.3 is 0 Å². The molecule has 3 aromatic rings. The van der Waals surface area contributed by atoms with Crippen LogP contribution in [0.25, 0.3) is 11.7 Å². The van der Waals surface area contributed by atoms with Crippen molar-refractivity contribution >= 4 is 46.6 Å². The average molecular weight is 412 g/mol. The Bertz CT molecular complexity index is 897. The lowest BCUT2D eigenvalue weighted by Gasteiger charge is -2.10. The summed E-state index contributed by atoms with van der Waals surface area (Å²) in [6.45, 7) is 1.85. The Balaban J connectivity index is 1.45. The van der Waals surface area contributed by atoms with Crippen molar-refractivity contribution in [3.63, 3.8) is 0 Å². The van der Waals surface area contributed by atoms with E-state index in [-0.39, 0.29) is 5.91 Å². The number of thioether (sulfide) groups is 1. The molecular weight excluding hydrogens is 397 g/mol. The van der Waals surface area contributed by atoms with Gasteiger partial charge in [0.15, 0.2) is 5.76 Å². The summed E-state index contributed by atoms with van der Waals surface area (Å²) in [6, 6.07) is 7.00. The van der Waals surface area contributed by atoms with Crippen LogP contribution in [0, 0.1) is 6.92 Å². The number of carbonyl (C=O) groups is 1. The molecule has 2 aromatic heterocycles. The first kappa shape index (κ1) is 18.8. The molecule has 0 fully saturated rings. The lowest BCUT2D eigenvalue weighted by Crippen LogP contribution is -2.12. The number of benzene rings is 1. The predicted molar refractivity (Wildman–Crippen MR) is 102 cm³/mol. The highest BCUT2D eigenvalue weighted by Crippen LogP contribution is 2.33. The molecule has 26 heavy (non-hydrogen) atoms. The summed E-state index contributed by atoms with van der Waals surface area (Å²) in [7, 11) is 0. The van der Waals surface area contributed by atoms with E-state index < -0.39 is 0 Å². The molecule has 0 radical (unpaired) electrons. The summed E-state index contributed by atoms with van der Waals surface area (Å²) in [5.41, 5.74) is 1.30. The van der Waals surface area contributed by atoms with Crippen LogP contribution in [0.4, 0.5) is 5.69 Å². The molecule has 0 aliphatic heterocycles. The summed E-state index contributed by atoms with van der Waals surface area (Å²) >= 11 is 13.7. The smallest absolute Gasteiger partial charge is 0.284 e. The Morgan fingerprint density at radius 1 is 1.27 bits per heavy atom. The first-order valence-electron chi connectivity index (χ1n) is 7.79. The van der Waals surface area contributed by atoms with Crippen molar-refractivity contribution in [1.29, 1.82) is 0 Å². The number of carbonyl (C=O) groups excluding carboxylic acids is 1. The van der Waals surface area contributed by atoms with Crippen LogP contribution in [0.5, 0.6) is 0 Å². The van der Waals surface area contributed by atoms with Gasteiger partial charge in [0.1, 0.15) is 0 Å². The third kappa shape index (κ3) is 4.60. The minimum atomic E-state index is -0.151. The van der Waals surface area contributed by atoms with E-state index in [4.69, 9.17) is 32.0 Å². The van der Waals surface area contributed by atoms with E-state index in [0.717, 1.165) is 5.56 Å². The highest BCUT2D eigenvalue weighted by atomic mass is 35.5. The van der Waals surface area contributed by atoms with Crippen LogP contribution in [-0.2, 0) is 4.79 Å². The molecule has 1 N–H and O–H groups in total. The molecule has 0 aliphatic carbocycles. The zero-order valence-corrected chi connectivity index (χ0v) is 16.1. The van der Waals surface area contributed by atoms with Crippen LogP contribution < -0.4 is 5.32 Å². The molecule has 0 spiro atoms. The van der Waals surface area contributed by atoms with E-state index in [1.165, 1.54) is 18.0 Å². The molecule has 2 heterocycles. The predicted octanol–water partition coefficient (Wildman–Crippen LogP) is 5.46. The Hall–Kier alpha value is -1.96. The lowest BCUT2D eigenvalue weighted by molar-refractivity contribution is -0.116. The molecule has 136 valence electrons. The molecule has 0 saturated heterocycles. The van der Waals surface area contributed by atoms with Crippen LogP contribution >= 0.6 is 35.0 Å². The normalized spacial score (nSPS) is 10.9. The van der Waals surface area contributed by atoms with Crippen LogP contribution in [0.15, 0.2) is 44.6 Å². The van der Waals surface area contributed by atoms with Crippen molar-refractivity contribution in [2.24, 2.45) is 0 Å². The van der Waals surface area contributed by atoms with E-state index in [9.17, 15) is 4.79 Å². The molecule has 0 saturated carbocycles. The third-order valence-electron chi connectivity index (χ3n) is 3.46. The maximum Gasteiger partial charge on any atom is 0.284 e. The van der Waals surface area contributed by atoms with E-state index in [1.807, 2.05) is 6.92 Å². The molecule has 1 amide bonds. The van der Waals surface area contributed by atoms with Crippen LogP contribution in [-0.4, -0.2) is 21.9 Å². The van der Waals surface area contributed by atoms with Gasteiger partial charge in [-0.15, -0.1) is 10.2 Å². The second kappa shape index (κ2) is 8.62. The standard InChI is InChI=1S/C17H15Cl2N3O3S/c1-10-6-7-11(18)15(14(10)19)20-13(23)5-3-9-26-17-22-21-16(25-17)12-4-2-8-24-12/h2,4,6-8H,3,5,9H2,1H3,(H,20,23). The number of aryl methyl sites for hydroxylation is 1. The summed E-state index contributed by atoms with van der Waals surface area (Å²) in [6.07, 6.45) is 2.50. The summed E-state index contributed by atoms with van der Waals surface area (Å²) < 4.78 is 10.7. The van der Waals surface area contributed by atoms with Gasteiger partial charge < -0.3 is 14.2 Å². The van der Waals surface area contributed by atoms with Gasteiger partial charge in [0, 0.05) is 12.2 Å². The Morgan fingerprint density at radius 3 is 2.88 bits per heavy atom.